The van der Waals surface area contributed by atoms with E-state index in [9.17, 15) is 0 Å². The van der Waals surface area contributed by atoms with Crippen molar-refractivity contribution < 1.29 is 37.9 Å². The van der Waals surface area contributed by atoms with Crippen LogP contribution >= 0.6 is 0 Å². The van der Waals surface area contributed by atoms with Crippen LogP contribution in [-0.2, 0) is 45.4 Å². The van der Waals surface area contributed by atoms with Crippen LogP contribution in [-0.4, -0.2) is 54.9 Å². The molecule has 0 unspecified atom stereocenters. The maximum Gasteiger partial charge on any atom is 0.169 e. The van der Waals surface area contributed by atoms with Gasteiger partial charge in [0, 0.05) is 69.5 Å². The standard InChI is InChI=1S/C46H44O8/c1-47-43-35-11-7-27-23-51-19-5-21-53-25-29-9-13-37-41-33(29)17-18-34-30(10-14-38(42(34)41)46(50-4)45(37)49-3)26-54-22-6-20-52-24-28-8-12-36(44(43)48-2)40-32(28)16-15-31(27)39(35)40/h7-18H,5-6,19-26H2,1-4H3. The molecule has 8 aromatic rings. The monoisotopic (exact) mass is 724 g/mol. The van der Waals surface area contributed by atoms with Crippen molar-refractivity contribution in [2.45, 2.75) is 39.3 Å². The number of fused-ring (bicyclic) bond motifs is 2. The van der Waals surface area contributed by atoms with Crippen LogP contribution in [0.15, 0.2) is 72.8 Å². The Labute approximate surface area is 314 Å². The van der Waals surface area contributed by atoms with Crippen molar-refractivity contribution in [3.05, 3.63) is 95.1 Å². The Bertz CT molecular complexity index is 2270. The first kappa shape index (κ1) is 34.6. The SMILES string of the molecule is COc1c(OC)c2ccc3c4ccc5c(ccc1c5c42)COCCCOCc1ccc2c(OC)c(OC)c4ccc(c5ccc1c2c54)COCCCOC3. The first-order chi connectivity index (χ1) is 26.7. The van der Waals surface area contributed by atoms with Gasteiger partial charge in [0.1, 0.15) is 0 Å². The highest BCUT2D eigenvalue weighted by Crippen LogP contribution is 2.50. The fourth-order valence-electron chi connectivity index (χ4n) is 8.64. The van der Waals surface area contributed by atoms with Crippen molar-refractivity contribution in [1.29, 1.82) is 0 Å². The predicted octanol–water partition coefficient (Wildman–Crippen LogP) is 10.1. The largest absolute Gasteiger partial charge is 0.492 e. The topological polar surface area (TPSA) is 73.8 Å². The highest BCUT2D eigenvalue weighted by Gasteiger charge is 2.23. The second-order valence-corrected chi connectivity index (χ2v) is 14.0. The second-order valence-electron chi connectivity index (χ2n) is 14.0. The lowest BCUT2D eigenvalue weighted by atomic mass is 9.89. The molecule has 0 fully saturated rings. The number of methoxy groups -OCH3 is 4. The van der Waals surface area contributed by atoms with E-state index in [1.54, 1.807) is 28.4 Å². The number of rotatable bonds is 4. The van der Waals surface area contributed by atoms with Gasteiger partial charge in [-0.05, 0) is 56.6 Å². The van der Waals surface area contributed by atoms with Crippen LogP contribution in [0.25, 0.3) is 64.6 Å². The lowest BCUT2D eigenvalue weighted by molar-refractivity contribution is 0.0701. The molecule has 9 rings (SSSR count). The lowest BCUT2D eigenvalue weighted by Gasteiger charge is -2.21. The van der Waals surface area contributed by atoms with Crippen LogP contribution in [0.3, 0.4) is 0 Å². The van der Waals surface area contributed by atoms with E-state index in [-0.39, 0.29) is 0 Å². The maximum absolute atomic E-state index is 6.28. The average molecular weight is 725 g/mol. The van der Waals surface area contributed by atoms with Crippen LogP contribution in [0.5, 0.6) is 23.0 Å². The fraction of sp³-hybridized carbons (Fsp3) is 0.304. The van der Waals surface area contributed by atoms with Crippen molar-refractivity contribution >= 4 is 64.6 Å². The Kier molecular flexibility index (Phi) is 9.37. The average Bonchev–Trinajstić information content (AvgIpc) is 3.21. The van der Waals surface area contributed by atoms with E-state index in [1.807, 2.05) is 0 Å². The molecule has 8 aromatic carbocycles. The molecule has 8 heteroatoms. The molecule has 276 valence electrons. The fourth-order valence-corrected chi connectivity index (χ4v) is 8.64. The number of ether oxygens (including phenoxy) is 8. The Morgan fingerprint density at radius 2 is 0.537 bits per heavy atom. The van der Waals surface area contributed by atoms with Gasteiger partial charge in [-0.1, -0.05) is 72.8 Å². The summed E-state index contributed by atoms with van der Waals surface area (Å²) in [5, 5.41) is 13.3. The Morgan fingerprint density at radius 1 is 0.315 bits per heavy atom. The van der Waals surface area contributed by atoms with Gasteiger partial charge in [0.05, 0.1) is 54.9 Å². The van der Waals surface area contributed by atoms with E-state index in [0.717, 1.165) is 123 Å². The summed E-state index contributed by atoms with van der Waals surface area (Å²) in [7, 11) is 6.81. The quantitative estimate of drug-likeness (QED) is 0.166. The molecular formula is C46H44O8. The van der Waals surface area contributed by atoms with Crippen LogP contribution in [0.2, 0.25) is 0 Å². The molecule has 0 atom stereocenters. The minimum absolute atomic E-state index is 0.494. The molecule has 0 amide bonds. The Balaban J connectivity index is 1.06. The first-order valence-electron chi connectivity index (χ1n) is 18.6. The summed E-state index contributed by atoms with van der Waals surface area (Å²) < 4.78 is 49.0. The highest BCUT2D eigenvalue weighted by atomic mass is 16.5. The van der Waals surface area contributed by atoms with Gasteiger partial charge in [-0.15, -0.1) is 0 Å². The van der Waals surface area contributed by atoms with Crippen LogP contribution < -0.4 is 18.9 Å². The van der Waals surface area contributed by atoms with E-state index in [0.29, 0.717) is 52.9 Å². The molecule has 0 saturated heterocycles. The summed E-state index contributed by atoms with van der Waals surface area (Å²) in [4.78, 5) is 0. The molecule has 8 nitrogen and oxygen atoms in total. The van der Waals surface area contributed by atoms with E-state index in [2.05, 4.69) is 72.8 Å². The zero-order valence-electron chi connectivity index (χ0n) is 31.3. The van der Waals surface area contributed by atoms with Crippen molar-refractivity contribution in [1.82, 2.24) is 0 Å². The molecule has 0 aromatic heterocycles. The zero-order valence-corrected chi connectivity index (χ0v) is 31.3. The predicted molar refractivity (Wildman–Crippen MR) is 214 cm³/mol. The summed E-state index contributed by atoms with van der Waals surface area (Å²) >= 11 is 0. The molecule has 1 aliphatic rings. The molecule has 0 saturated carbocycles. The summed E-state index contributed by atoms with van der Waals surface area (Å²) in [6, 6.07) is 25.9. The molecule has 1 heterocycles. The first-order valence-corrected chi connectivity index (χ1v) is 18.6. The summed E-state index contributed by atoms with van der Waals surface area (Å²) in [6.45, 7) is 4.31. The van der Waals surface area contributed by atoms with Gasteiger partial charge >= 0.3 is 0 Å². The smallest absolute Gasteiger partial charge is 0.169 e. The van der Waals surface area contributed by atoms with Gasteiger partial charge in [-0.25, -0.2) is 0 Å². The van der Waals surface area contributed by atoms with Crippen molar-refractivity contribution in [2.75, 3.05) is 54.9 Å². The summed E-state index contributed by atoms with van der Waals surface area (Å²) in [5.41, 5.74) is 4.52. The third-order valence-electron chi connectivity index (χ3n) is 11.1. The number of benzene rings is 8. The molecule has 4 bridgehead atoms. The molecule has 54 heavy (non-hydrogen) atoms. The van der Waals surface area contributed by atoms with Crippen molar-refractivity contribution in [2.24, 2.45) is 0 Å². The van der Waals surface area contributed by atoms with Crippen LogP contribution in [0.1, 0.15) is 35.1 Å². The number of hydrogen-bond acceptors (Lipinski definition) is 8. The Hall–Kier alpha value is -5.12. The van der Waals surface area contributed by atoms with E-state index < -0.39 is 0 Å². The van der Waals surface area contributed by atoms with Gasteiger partial charge < -0.3 is 37.9 Å². The summed E-state index contributed by atoms with van der Waals surface area (Å²) in [6.07, 6.45) is 1.56. The van der Waals surface area contributed by atoms with Crippen molar-refractivity contribution in [3.8, 4) is 23.0 Å². The molecule has 0 aliphatic carbocycles. The molecular weight excluding hydrogens is 680 g/mol. The third-order valence-corrected chi connectivity index (χ3v) is 11.1. The van der Waals surface area contributed by atoms with Gasteiger partial charge in [-0.3, -0.25) is 0 Å². The lowest BCUT2D eigenvalue weighted by Crippen LogP contribution is -2.04. The minimum Gasteiger partial charge on any atom is -0.492 e. The van der Waals surface area contributed by atoms with E-state index in [4.69, 9.17) is 37.9 Å². The van der Waals surface area contributed by atoms with Gasteiger partial charge in [0.25, 0.3) is 0 Å². The van der Waals surface area contributed by atoms with Gasteiger partial charge in [0.15, 0.2) is 23.0 Å². The maximum atomic E-state index is 6.28. The van der Waals surface area contributed by atoms with E-state index in [1.165, 1.54) is 0 Å². The molecule has 0 radical (unpaired) electrons. The molecule has 0 spiro atoms. The highest BCUT2D eigenvalue weighted by molar-refractivity contribution is 6.28. The Morgan fingerprint density at radius 3 is 0.759 bits per heavy atom. The zero-order chi connectivity index (χ0) is 36.8. The third kappa shape index (κ3) is 5.59. The molecule has 0 N–H and O–H groups in total. The second kappa shape index (κ2) is 14.6. The van der Waals surface area contributed by atoms with Gasteiger partial charge in [0.2, 0.25) is 0 Å². The summed E-state index contributed by atoms with van der Waals surface area (Å²) in [5.74, 6) is 2.95. The van der Waals surface area contributed by atoms with Crippen molar-refractivity contribution in [3.63, 3.8) is 0 Å². The molecule has 1 aliphatic heterocycles. The van der Waals surface area contributed by atoms with E-state index >= 15 is 0 Å². The normalized spacial score (nSPS) is 15.5. The minimum atomic E-state index is 0.494. The van der Waals surface area contributed by atoms with Crippen LogP contribution in [0.4, 0.5) is 0 Å². The van der Waals surface area contributed by atoms with Gasteiger partial charge in [-0.2, -0.15) is 0 Å². The van der Waals surface area contributed by atoms with Crippen LogP contribution in [0, 0.1) is 0 Å². The number of hydrogen-bond donors (Lipinski definition) is 0.